The molecule has 1 atom stereocenters. The number of hydrogen-bond donors (Lipinski definition) is 2. The minimum atomic E-state index is -1.09. The molecule has 0 amide bonds. The highest BCUT2D eigenvalue weighted by Gasteiger charge is 2.33. The van der Waals surface area contributed by atoms with Crippen LogP contribution in [0.15, 0.2) is 24.3 Å². The number of hydrogen-bond acceptors (Lipinski definition) is 3. The number of benzene rings is 1. The fourth-order valence-corrected chi connectivity index (χ4v) is 2.27. The number of fused-ring (bicyclic) bond motifs is 3. The van der Waals surface area contributed by atoms with E-state index in [0.29, 0.717) is 17.0 Å². The minimum Gasteiger partial charge on any atom is -0.380 e. The van der Waals surface area contributed by atoms with Gasteiger partial charge in [-0.15, -0.1) is 0 Å². The number of nitrogens with one attached hydrogen (secondary N) is 1. The van der Waals surface area contributed by atoms with Crippen LogP contribution >= 0.6 is 0 Å². The number of Topliss-reactive ketones (excluding diaryl/α,β-unsaturated/α-hetero) is 1. The zero-order chi connectivity index (χ0) is 12.9. The molecule has 1 heterocycles. The second kappa shape index (κ2) is 3.78. The van der Waals surface area contributed by atoms with Crippen molar-refractivity contribution in [3.05, 3.63) is 41.3 Å². The number of aliphatic hydroxyl groups excluding tert-OH is 1. The van der Waals surface area contributed by atoms with Crippen molar-refractivity contribution in [3.8, 4) is 11.3 Å². The highest BCUT2D eigenvalue weighted by molar-refractivity contribution is 6.07. The lowest BCUT2D eigenvalue weighted by Crippen LogP contribution is -2.19. The van der Waals surface area contributed by atoms with Crippen molar-refractivity contribution in [1.82, 2.24) is 9.97 Å². The van der Waals surface area contributed by atoms with Gasteiger partial charge in [-0.3, -0.25) is 4.79 Å². The molecule has 0 saturated carbocycles. The molecule has 18 heavy (non-hydrogen) atoms. The molecule has 1 unspecified atom stereocenters. The van der Waals surface area contributed by atoms with Crippen LogP contribution in [0.25, 0.3) is 11.3 Å². The fourth-order valence-electron chi connectivity index (χ4n) is 2.27. The fraction of sp³-hybridized carbons (Fsp3) is 0.286. The minimum absolute atomic E-state index is 0.215. The first-order valence-corrected chi connectivity index (χ1v) is 6.01. The lowest BCUT2D eigenvalue weighted by Gasteiger charge is -2.18. The molecular formula is C14H14N2O2. The summed E-state index contributed by atoms with van der Waals surface area (Å²) in [6, 6.07) is 7.35. The average Bonchev–Trinajstić information content (AvgIpc) is 2.81. The normalized spacial score (nSPS) is 17.8. The maximum Gasteiger partial charge on any atom is 0.214 e. The van der Waals surface area contributed by atoms with Crippen molar-refractivity contribution < 1.29 is 9.90 Å². The molecule has 0 spiro atoms. The molecule has 4 heteroatoms. The van der Waals surface area contributed by atoms with E-state index in [4.69, 9.17) is 0 Å². The molecule has 2 aromatic rings. The molecular weight excluding hydrogens is 228 g/mol. The average molecular weight is 242 g/mol. The Balaban J connectivity index is 2.27. The van der Waals surface area contributed by atoms with Crippen LogP contribution in [0.4, 0.5) is 0 Å². The van der Waals surface area contributed by atoms with Crippen LogP contribution in [0.5, 0.6) is 0 Å². The SMILES string of the molecule is CC(C)c1nc2c([nH]1)C(=O)C(O)c1ccccc1-2. The topological polar surface area (TPSA) is 66.0 Å². The number of imidazole rings is 1. The lowest BCUT2D eigenvalue weighted by atomic mass is 9.89. The van der Waals surface area contributed by atoms with E-state index in [9.17, 15) is 9.90 Å². The Morgan fingerprint density at radius 1 is 1.33 bits per heavy atom. The van der Waals surface area contributed by atoms with E-state index in [1.54, 1.807) is 6.07 Å². The van der Waals surface area contributed by atoms with E-state index in [2.05, 4.69) is 9.97 Å². The van der Waals surface area contributed by atoms with Crippen molar-refractivity contribution >= 4 is 5.78 Å². The van der Waals surface area contributed by atoms with Gasteiger partial charge in [0.2, 0.25) is 5.78 Å². The van der Waals surface area contributed by atoms with Crippen LogP contribution in [-0.4, -0.2) is 20.9 Å². The Morgan fingerprint density at radius 3 is 2.78 bits per heavy atom. The summed E-state index contributed by atoms with van der Waals surface area (Å²) in [5.41, 5.74) is 2.55. The summed E-state index contributed by atoms with van der Waals surface area (Å²) in [5, 5.41) is 10.0. The van der Waals surface area contributed by atoms with Gasteiger partial charge in [-0.2, -0.15) is 0 Å². The quantitative estimate of drug-likeness (QED) is 0.807. The molecule has 0 radical (unpaired) electrons. The molecule has 0 saturated heterocycles. The Labute approximate surface area is 105 Å². The summed E-state index contributed by atoms with van der Waals surface area (Å²) in [6.45, 7) is 4.02. The first-order valence-electron chi connectivity index (χ1n) is 6.01. The van der Waals surface area contributed by atoms with E-state index in [0.717, 1.165) is 11.4 Å². The predicted octanol–water partition coefficient (Wildman–Crippen LogP) is 2.43. The van der Waals surface area contributed by atoms with E-state index in [-0.39, 0.29) is 11.7 Å². The molecule has 1 aromatic heterocycles. The second-order valence-electron chi connectivity index (χ2n) is 4.85. The van der Waals surface area contributed by atoms with Gasteiger partial charge in [0, 0.05) is 11.5 Å². The molecule has 4 nitrogen and oxygen atoms in total. The first kappa shape index (κ1) is 11.2. The number of aliphatic hydroxyl groups is 1. The summed E-state index contributed by atoms with van der Waals surface area (Å²) < 4.78 is 0. The van der Waals surface area contributed by atoms with E-state index in [1.165, 1.54) is 0 Å². The number of aromatic nitrogens is 2. The Hall–Kier alpha value is -1.94. The van der Waals surface area contributed by atoms with Crippen LogP contribution in [0.1, 0.15) is 47.7 Å². The van der Waals surface area contributed by atoms with Gasteiger partial charge in [0.25, 0.3) is 0 Å². The van der Waals surface area contributed by atoms with Crippen molar-refractivity contribution in [2.45, 2.75) is 25.9 Å². The maximum absolute atomic E-state index is 12.1. The number of nitrogens with zero attached hydrogens (tertiary/aromatic N) is 1. The summed E-state index contributed by atoms with van der Waals surface area (Å²) in [7, 11) is 0. The molecule has 1 aliphatic carbocycles. The summed E-state index contributed by atoms with van der Waals surface area (Å²) in [5.74, 6) is 0.688. The molecule has 92 valence electrons. The number of carbonyl (C=O) groups excluding carboxylic acids is 1. The van der Waals surface area contributed by atoms with Crippen LogP contribution in [0.2, 0.25) is 0 Å². The number of H-pyrrole nitrogens is 1. The number of rotatable bonds is 1. The van der Waals surface area contributed by atoms with Gasteiger partial charge in [0.15, 0.2) is 0 Å². The van der Waals surface area contributed by atoms with Crippen molar-refractivity contribution in [2.24, 2.45) is 0 Å². The number of aromatic amines is 1. The maximum atomic E-state index is 12.1. The Kier molecular flexibility index (Phi) is 2.35. The monoisotopic (exact) mass is 242 g/mol. The van der Waals surface area contributed by atoms with Gasteiger partial charge in [-0.1, -0.05) is 38.1 Å². The number of carbonyl (C=O) groups is 1. The van der Waals surface area contributed by atoms with Crippen molar-refractivity contribution in [2.75, 3.05) is 0 Å². The van der Waals surface area contributed by atoms with Gasteiger partial charge < -0.3 is 10.1 Å². The standard InChI is InChI=1S/C14H14N2O2/c1-7(2)14-15-10-8-5-3-4-6-9(8)12(17)13(18)11(10)16-14/h3-7,12,17H,1-2H3,(H,15,16). The third-order valence-electron chi connectivity index (χ3n) is 3.27. The molecule has 1 aliphatic rings. The molecule has 1 aromatic carbocycles. The molecule has 3 rings (SSSR count). The van der Waals surface area contributed by atoms with Crippen LogP contribution < -0.4 is 0 Å². The third-order valence-corrected chi connectivity index (χ3v) is 3.27. The van der Waals surface area contributed by atoms with Gasteiger partial charge in [-0.05, 0) is 5.56 Å². The van der Waals surface area contributed by atoms with E-state index < -0.39 is 6.10 Å². The highest BCUT2D eigenvalue weighted by atomic mass is 16.3. The number of ketones is 1. The Morgan fingerprint density at radius 2 is 2.06 bits per heavy atom. The van der Waals surface area contributed by atoms with E-state index in [1.807, 2.05) is 32.0 Å². The van der Waals surface area contributed by atoms with Gasteiger partial charge in [-0.25, -0.2) is 4.98 Å². The van der Waals surface area contributed by atoms with Crippen LogP contribution in [0, 0.1) is 0 Å². The lowest BCUT2D eigenvalue weighted by molar-refractivity contribution is 0.0738. The highest BCUT2D eigenvalue weighted by Crippen LogP contribution is 2.37. The van der Waals surface area contributed by atoms with Crippen molar-refractivity contribution in [1.29, 1.82) is 0 Å². The van der Waals surface area contributed by atoms with Gasteiger partial charge in [0.05, 0.1) is 5.69 Å². The van der Waals surface area contributed by atoms with Gasteiger partial charge >= 0.3 is 0 Å². The first-order chi connectivity index (χ1) is 8.59. The predicted molar refractivity (Wildman–Crippen MR) is 67.4 cm³/mol. The summed E-state index contributed by atoms with van der Waals surface area (Å²) >= 11 is 0. The van der Waals surface area contributed by atoms with Crippen LogP contribution in [-0.2, 0) is 0 Å². The zero-order valence-corrected chi connectivity index (χ0v) is 10.3. The van der Waals surface area contributed by atoms with E-state index >= 15 is 0 Å². The van der Waals surface area contributed by atoms with Crippen molar-refractivity contribution in [3.63, 3.8) is 0 Å². The summed E-state index contributed by atoms with van der Waals surface area (Å²) in [4.78, 5) is 19.6. The Bertz CT molecular complexity index is 628. The van der Waals surface area contributed by atoms with Crippen LogP contribution in [0.3, 0.4) is 0 Å². The molecule has 2 N–H and O–H groups in total. The third kappa shape index (κ3) is 1.42. The smallest absolute Gasteiger partial charge is 0.214 e. The molecule has 0 bridgehead atoms. The largest absolute Gasteiger partial charge is 0.380 e. The second-order valence-corrected chi connectivity index (χ2v) is 4.85. The summed E-state index contributed by atoms with van der Waals surface area (Å²) in [6.07, 6.45) is -1.09. The van der Waals surface area contributed by atoms with Gasteiger partial charge in [0.1, 0.15) is 17.6 Å². The zero-order valence-electron chi connectivity index (χ0n) is 10.3. The molecule has 0 fully saturated rings. The molecule has 0 aliphatic heterocycles.